The van der Waals surface area contributed by atoms with E-state index in [4.69, 9.17) is 14.2 Å². The molecule has 1 saturated heterocycles. The lowest BCUT2D eigenvalue weighted by Crippen LogP contribution is -2.31. The number of fused-ring (bicyclic) bond motifs is 1. The van der Waals surface area contributed by atoms with Crippen molar-refractivity contribution in [2.75, 3.05) is 26.9 Å². The zero-order valence-electron chi connectivity index (χ0n) is 14.9. The Morgan fingerprint density at radius 2 is 1.89 bits per heavy atom. The summed E-state index contributed by atoms with van der Waals surface area (Å²) in [5.74, 6) is 1.71. The summed E-state index contributed by atoms with van der Waals surface area (Å²) in [7, 11) is -2.24. The van der Waals surface area contributed by atoms with Crippen LogP contribution in [0.3, 0.4) is 0 Å². The van der Waals surface area contributed by atoms with E-state index in [-0.39, 0.29) is 10.9 Å². The van der Waals surface area contributed by atoms with Gasteiger partial charge in [0.15, 0.2) is 11.5 Å². The molecule has 0 N–H and O–H groups in total. The highest BCUT2D eigenvalue weighted by Crippen LogP contribution is 2.42. The zero-order valence-corrected chi connectivity index (χ0v) is 17.3. The maximum absolute atomic E-state index is 13.4. The first-order valence-corrected chi connectivity index (χ1v) is 11.0. The van der Waals surface area contributed by atoms with Crippen molar-refractivity contribution in [2.24, 2.45) is 0 Å². The summed E-state index contributed by atoms with van der Waals surface area (Å²) < 4.78 is 45.6. The standard InChI is InChI=1S/C19H20BrNO5S/c1-24-17-7-5-14(20)12-19(17)27(22,23)21-8-2-3-15(21)13-4-6-16-18(11-13)26-10-9-25-16/h4-7,11-12,15H,2-3,8-10H2,1H3. The van der Waals surface area contributed by atoms with E-state index in [1.54, 1.807) is 22.5 Å². The van der Waals surface area contributed by atoms with Gasteiger partial charge in [0, 0.05) is 11.0 Å². The second-order valence-electron chi connectivity index (χ2n) is 6.47. The lowest BCUT2D eigenvalue weighted by Gasteiger charge is -2.26. The zero-order chi connectivity index (χ0) is 19.0. The topological polar surface area (TPSA) is 65.1 Å². The molecular formula is C19H20BrNO5S. The van der Waals surface area contributed by atoms with Gasteiger partial charge in [0.1, 0.15) is 23.9 Å². The van der Waals surface area contributed by atoms with Gasteiger partial charge in [0.25, 0.3) is 0 Å². The highest BCUT2D eigenvalue weighted by molar-refractivity contribution is 9.10. The molecule has 1 atom stereocenters. The number of nitrogens with zero attached hydrogens (tertiary/aromatic N) is 1. The predicted molar refractivity (Wildman–Crippen MR) is 104 cm³/mol. The molecule has 0 radical (unpaired) electrons. The largest absolute Gasteiger partial charge is 0.495 e. The van der Waals surface area contributed by atoms with Gasteiger partial charge in [-0.05, 0) is 48.7 Å². The Labute approximate surface area is 167 Å². The van der Waals surface area contributed by atoms with E-state index >= 15 is 0 Å². The number of ether oxygens (including phenoxy) is 3. The summed E-state index contributed by atoms with van der Waals surface area (Å²) >= 11 is 3.36. The Kier molecular flexibility index (Phi) is 5.05. The molecule has 0 aromatic heterocycles. The molecule has 0 spiro atoms. The SMILES string of the molecule is COc1ccc(Br)cc1S(=O)(=O)N1CCCC1c1ccc2c(c1)OCCO2. The van der Waals surface area contributed by atoms with Crippen LogP contribution >= 0.6 is 15.9 Å². The monoisotopic (exact) mass is 453 g/mol. The van der Waals surface area contributed by atoms with E-state index in [1.165, 1.54) is 7.11 Å². The van der Waals surface area contributed by atoms with Gasteiger partial charge in [-0.15, -0.1) is 0 Å². The van der Waals surface area contributed by atoms with Crippen LogP contribution in [0.2, 0.25) is 0 Å². The van der Waals surface area contributed by atoms with E-state index in [9.17, 15) is 8.42 Å². The molecule has 4 rings (SSSR count). The molecule has 0 amide bonds. The van der Waals surface area contributed by atoms with Gasteiger partial charge in [-0.3, -0.25) is 0 Å². The number of sulfonamides is 1. The Balaban J connectivity index is 1.72. The number of benzene rings is 2. The first-order valence-electron chi connectivity index (χ1n) is 8.75. The molecule has 2 aliphatic heterocycles. The number of methoxy groups -OCH3 is 1. The Morgan fingerprint density at radius 1 is 1.11 bits per heavy atom. The van der Waals surface area contributed by atoms with Crippen LogP contribution < -0.4 is 14.2 Å². The Bertz CT molecular complexity index is 963. The second-order valence-corrected chi connectivity index (χ2v) is 9.25. The maximum Gasteiger partial charge on any atom is 0.247 e. The summed E-state index contributed by atoms with van der Waals surface area (Å²) in [6.45, 7) is 1.49. The normalized spacial score (nSPS) is 19.9. The first-order chi connectivity index (χ1) is 13.0. The van der Waals surface area contributed by atoms with Crippen LogP contribution in [0.4, 0.5) is 0 Å². The minimum absolute atomic E-state index is 0.170. The van der Waals surface area contributed by atoms with Crippen molar-refractivity contribution in [1.82, 2.24) is 4.31 Å². The third-order valence-corrected chi connectivity index (χ3v) is 7.29. The van der Waals surface area contributed by atoms with Gasteiger partial charge < -0.3 is 14.2 Å². The van der Waals surface area contributed by atoms with Crippen LogP contribution in [-0.4, -0.2) is 39.6 Å². The lowest BCUT2D eigenvalue weighted by molar-refractivity contribution is 0.171. The molecule has 8 heteroatoms. The summed E-state index contributed by atoms with van der Waals surface area (Å²) in [6.07, 6.45) is 1.56. The Morgan fingerprint density at radius 3 is 2.67 bits per heavy atom. The smallest absolute Gasteiger partial charge is 0.247 e. The quantitative estimate of drug-likeness (QED) is 0.704. The molecule has 0 bridgehead atoms. The van der Waals surface area contributed by atoms with Gasteiger partial charge in [0.2, 0.25) is 10.0 Å². The molecule has 6 nitrogen and oxygen atoms in total. The summed E-state index contributed by atoms with van der Waals surface area (Å²) in [5, 5.41) is 0. The summed E-state index contributed by atoms with van der Waals surface area (Å²) in [4.78, 5) is 0.170. The molecule has 2 aliphatic rings. The van der Waals surface area contributed by atoms with Crippen LogP contribution in [-0.2, 0) is 10.0 Å². The van der Waals surface area contributed by atoms with E-state index < -0.39 is 10.0 Å². The average molecular weight is 454 g/mol. The van der Waals surface area contributed by atoms with Crippen molar-refractivity contribution in [3.8, 4) is 17.2 Å². The molecule has 2 aromatic rings. The van der Waals surface area contributed by atoms with Gasteiger partial charge in [-0.2, -0.15) is 4.31 Å². The molecule has 2 aromatic carbocycles. The lowest BCUT2D eigenvalue weighted by atomic mass is 10.0. The molecule has 0 aliphatic carbocycles. The summed E-state index contributed by atoms with van der Waals surface area (Å²) in [6, 6.07) is 10.4. The Hall–Kier alpha value is -1.77. The van der Waals surface area contributed by atoms with E-state index in [0.29, 0.717) is 41.5 Å². The number of halogens is 1. The van der Waals surface area contributed by atoms with Crippen LogP contribution in [0.1, 0.15) is 24.4 Å². The fraction of sp³-hybridized carbons (Fsp3) is 0.368. The number of hydrogen-bond donors (Lipinski definition) is 0. The maximum atomic E-state index is 13.4. The minimum atomic E-state index is -3.72. The second kappa shape index (κ2) is 7.33. The molecular weight excluding hydrogens is 434 g/mol. The highest BCUT2D eigenvalue weighted by atomic mass is 79.9. The van der Waals surface area contributed by atoms with Crippen molar-refractivity contribution in [3.05, 3.63) is 46.4 Å². The minimum Gasteiger partial charge on any atom is -0.495 e. The van der Waals surface area contributed by atoms with Crippen LogP contribution in [0.5, 0.6) is 17.2 Å². The van der Waals surface area contributed by atoms with Crippen molar-refractivity contribution in [3.63, 3.8) is 0 Å². The van der Waals surface area contributed by atoms with Gasteiger partial charge in [-0.1, -0.05) is 22.0 Å². The average Bonchev–Trinajstić information content (AvgIpc) is 3.18. The van der Waals surface area contributed by atoms with Gasteiger partial charge in [-0.25, -0.2) is 8.42 Å². The first kappa shape index (κ1) is 18.6. The van der Waals surface area contributed by atoms with Crippen molar-refractivity contribution < 1.29 is 22.6 Å². The van der Waals surface area contributed by atoms with Crippen molar-refractivity contribution in [1.29, 1.82) is 0 Å². The molecule has 1 fully saturated rings. The third kappa shape index (κ3) is 3.41. The van der Waals surface area contributed by atoms with Crippen LogP contribution in [0, 0.1) is 0 Å². The molecule has 144 valence electrons. The number of hydrogen-bond acceptors (Lipinski definition) is 5. The molecule has 0 saturated carbocycles. The highest BCUT2D eigenvalue weighted by Gasteiger charge is 2.38. The fourth-order valence-electron chi connectivity index (χ4n) is 3.61. The van der Waals surface area contributed by atoms with Gasteiger partial charge in [0.05, 0.1) is 13.2 Å². The van der Waals surface area contributed by atoms with Crippen molar-refractivity contribution >= 4 is 26.0 Å². The predicted octanol–water partition coefficient (Wildman–Crippen LogP) is 3.75. The van der Waals surface area contributed by atoms with Crippen LogP contribution in [0.15, 0.2) is 45.8 Å². The molecule has 1 unspecified atom stereocenters. The number of rotatable bonds is 4. The van der Waals surface area contributed by atoms with Crippen LogP contribution in [0.25, 0.3) is 0 Å². The molecule has 2 heterocycles. The van der Waals surface area contributed by atoms with E-state index in [0.717, 1.165) is 18.4 Å². The van der Waals surface area contributed by atoms with E-state index in [2.05, 4.69) is 15.9 Å². The summed E-state index contributed by atoms with van der Waals surface area (Å²) in [5.41, 5.74) is 0.911. The fourth-order valence-corrected chi connectivity index (χ4v) is 5.98. The molecule has 27 heavy (non-hydrogen) atoms. The van der Waals surface area contributed by atoms with Crippen molar-refractivity contribution in [2.45, 2.75) is 23.8 Å². The van der Waals surface area contributed by atoms with E-state index in [1.807, 2.05) is 18.2 Å². The van der Waals surface area contributed by atoms with Gasteiger partial charge >= 0.3 is 0 Å². The third-order valence-electron chi connectivity index (χ3n) is 4.87.